The molecule has 0 unspecified atom stereocenters. The van der Waals surface area contributed by atoms with Gasteiger partial charge in [-0.25, -0.2) is 8.42 Å². The van der Waals surface area contributed by atoms with Gasteiger partial charge in [-0.1, -0.05) is 41.9 Å². The third kappa shape index (κ3) is 7.38. The fraction of sp³-hybridized carbons (Fsp3) is 0.296. The molecule has 0 bridgehead atoms. The molecule has 0 aliphatic rings. The SMILES string of the molecule is COc1ccc(Cl)cc1N(CC(=O)NCCCc1cccc(OC(C)C)c1)S(=O)(=O)c1ccccc1. The summed E-state index contributed by atoms with van der Waals surface area (Å²) in [6.45, 7) is 3.91. The Morgan fingerprint density at radius 1 is 1.03 bits per heavy atom. The Labute approximate surface area is 218 Å². The van der Waals surface area contributed by atoms with Crippen LogP contribution in [0.15, 0.2) is 77.7 Å². The highest BCUT2D eigenvalue weighted by molar-refractivity contribution is 7.92. The number of sulfonamides is 1. The van der Waals surface area contributed by atoms with Gasteiger partial charge in [0, 0.05) is 11.6 Å². The zero-order valence-corrected chi connectivity index (χ0v) is 22.2. The average Bonchev–Trinajstić information content (AvgIpc) is 2.85. The van der Waals surface area contributed by atoms with Crippen molar-refractivity contribution in [2.75, 3.05) is 24.5 Å². The van der Waals surface area contributed by atoms with Crippen molar-refractivity contribution < 1.29 is 22.7 Å². The number of nitrogens with zero attached hydrogens (tertiary/aromatic N) is 1. The van der Waals surface area contributed by atoms with Crippen molar-refractivity contribution >= 4 is 33.2 Å². The maximum atomic E-state index is 13.5. The minimum Gasteiger partial charge on any atom is -0.495 e. The third-order valence-corrected chi connectivity index (χ3v) is 7.27. The van der Waals surface area contributed by atoms with E-state index in [1.165, 1.54) is 25.3 Å². The van der Waals surface area contributed by atoms with Crippen molar-refractivity contribution in [1.82, 2.24) is 5.32 Å². The molecular formula is C27H31ClN2O5S. The third-order valence-electron chi connectivity index (χ3n) is 5.26. The van der Waals surface area contributed by atoms with Crippen molar-refractivity contribution in [1.29, 1.82) is 0 Å². The van der Waals surface area contributed by atoms with E-state index in [2.05, 4.69) is 5.32 Å². The highest BCUT2D eigenvalue weighted by atomic mass is 35.5. The minimum atomic E-state index is -4.07. The number of rotatable bonds is 12. The second-order valence-corrected chi connectivity index (χ2v) is 10.7. The van der Waals surface area contributed by atoms with Crippen LogP contribution >= 0.6 is 11.6 Å². The maximum Gasteiger partial charge on any atom is 0.264 e. The quantitative estimate of drug-likeness (QED) is 0.330. The number of anilines is 1. The lowest BCUT2D eigenvalue weighted by molar-refractivity contribution is -0.119. The van der Waals surface area contributed by atoms with Crippen LogP contribution in [0.1, 0.15) is 25.8 Å². The van der Waals surface area contributed by atoms with Gasteiger partial charge in [-0.05, 0) is 74.7 Å². The Kier molecular flexibility index (Phi) is 9.61. The molecule has 1 amide bonds. The standard InChI is InChI=1S/C27H31ClN2O5S/c1-20(2)35-23-11-7-9-21(17-23)10-8-16-29-27(31)19-30(25-18-22(28)14-15-26(25)34-3)36(32,33)24-12-5-4-6-13-24/h4-7,9,11-15,17-18,20H,8,10,16,19H2,1-3H3,(H,29,31). The number of carbonyl (C=O) groups excluding carboxylic acids is 1. The Morgan fingerprint density at radius 3 is 2.47 bits per heavy atom. The smallest absolute Gasteiger partial charge is 0.264 e. The van der Waals surface area contributed by atoms with Crippen molar-refractivity contribution in [3.63, 3.8) is 0 Å². The molecule has 1 N–H and O–H groups in total. The number of halogens is 1. The van der Waals surface area contributed by atoms with Crippen LogP contribution < -0.4 is 19.1 Å². The van der Waals surface area contributed by atoms with Crippen molar-refractivity contribution in [2.24, 2.45) is 0 Å². The Bertz CT molecular complexity index is 1270. The minimum absolute atomic E-state index is 0.0586. The number of hydrogen-bond acceptors (Lipinski definition) is 5. The second kappa shape index (κ2) is 12.6. The van der Waals surface area contributed by atoms with E-state index in [1.54, 1.807) is 30.3 Å². The fourth-order valence-electron chi connectivity index (χ4n) is 3.63. The zero-order chi connectivity index (χ0) is 26.1. The lowest BCUT2D eigenvalue weighted by Gasteiger charge is -2.26. The van der Waals surface area contributed by atoms with E-state index in [0.717, 1.165) is 22.0 Å². The zero-order valence-electron chi connectivity index (χ0n) is 20.6. The van der Waals surface area contributed by atoms with Gasteiger partial charge in [-0.3, -0.25) is 9.10 Å². The summed E-state index contributed by atoms with van der Waals surface area (Å²) >= 11 is 6.16. The molecule has 36 heavy (non-hydrogen) atoms. The van der Waals surface area contributed by atoms with E-state index < -0.39 is 22.5 Å². The number of hydrogen-bond donors (Lipinski definition) is 1. The van der Waals surface area contributed by atoms with E-state index >= 15 is 0 Å². The average molecular weight is 531 g/mol. The van der Waals surface area contributed by atoms with Gasteiger partial charge in [-0.15, -0.1) is 0 Å². The molecule has 0 spiro atoms. The Balaban J connectivity index is 1.71. The molecule has 3 aromatic carbocycles. The summed E-state index contributed by atoms with van der Waals surface area (Å²) in [6, 6.07) is 20.4. The summed E-state index contributed by atoms with van der Waals surface area (Å²) in [5.41, 5.74) is 1.28. The lowest BCUT2D eigenvalue weighted by Crippen LogP contribution is -2.41. The van der Waals surface area contributed by atoms with Crippen LogP contribution in [-0.2, 0) is 21.2 Å². The molecule has 3 aromatic rings. The molecule has 0 saturated carbocycles. The van der Waals surface area contributed by atoms with Crippen LogP contribution in [0.25, 0.3) is 0 Å². The molecule has 0 heterocycles. The molecule has 9 heteroatoms. The van der Waals surface area contributed by atoms with Gasteiger partial charge in [0.25, 0.3) is 10.0 Å². The molecule has 0 aromatic heterocycles. The van der Waals surface area contributed by atoms with Crippen LogP contribution in [0.2, 0.25) is 5.02 Å². The van der Waals surface area contributed by atoms with Crippen molar-refractivity contribution in [2.45, 2.75) is 37.7 Å². The summed E-state index contributed by atoms with van der Waals surface area (Å²) in [6.07, 6.45) is 1.51. The molecule has 0 aliphatic carbocycles. The summed E-state index contributed by atoms with van der Waals surface area (Å²) in [4.78, 5) is 12.9. The Morgan fingerprint density at radius 2 is 1.78 bits per heavy atom. The highest BCUT2D eigenvalue weighted by Crippen LogP contribution is 2.34. The van der Waals surface area contributed by atoms with Gasteiger partial charge >= 0.3 is 0 Å². The fourth-order valence-corrected chi connectivity index (χ4v) is 5.24. The largest absolute Gasteiger partial charge is 0.495 e. The van der Waals surface area contributed by atoms with Crippen molar-refractivity contribution in [3.8, 4) is 11.5 Å². The summed E-state index contributed by atoms with van der Waals surface area (Å²) in [5.74, 6) is 0.660. The van der Waals surface area contributed by atoms with E-state index in [4.69, 9.17) is 21.1 Å². The summed E-state index contributed by atoms with van der Waals surface area (Å²) in [7, 11) is -2.64. The maximum absolute atomic E-state index is 13.5. The second-order valence-electron chi connectivity index (χ2n) is 8.41. The van der Waals surface area contributed by atoms with Crippen LogP contribution in [0.4, 0.5) is 5.69 Å². The first-order valence-corrected chi connectivity index (χ1v) is 13.5. The number of aryl methyl sites for hydroxylation is 1. The normalized spacial score (nSPS) is 11.2. The Hall–Kier alpha value is -3.23. The van der Waals surface area contributed by atoms with E-state index in [0.29, 0.717) is 18.0 Å². The van der Waals surface area contributed by atoms with Gasteiger partial charge < -0.3 is 14.8 Å². The number of ether oxygens (including phenoxy) is 2. The van der Waals surface area contributed by atoms with Gasteiger partial charge in [-0.2, -0.15) is 0 Å². The highest BCUT2D eigenvalue weighted by Gasteiger charge is 2.29. The van der Waals surface area contributed by atoms with Gasteiger partial charge in [0.05, 0.1) is 23.8 Å². The molecule has 0 atom stereocenters. The van der Waals surface area contributed by atoms with Crippen LogP contribution in [0, 0.1) is 0 Å². The molecule has 0 saturated heterocycles. The molecule has 0 aliphatic heterocycles. The molecule has 192 valence electrons. The molecule has 7 nitrogen and oxygen atoms in total. The predicted molar refractivity (Wildman–Crippen MR) is 143 cm³/mol. The van der Waals surface area contributed by atoms with Crippen molar-refractivity contribution in [3.05, 3.63) is 83.4 Å². The van der Waals surface area contributed by atoms with E-state index in [1.807, 2.05) is 38.1 Å². The molecule has 3 rings (SSSR count). The number of amides is 1. The summed E-state index contributed by atoms with van der Waals surface area (Å²) < 4.78 is 39.1. The van der Waals surface area contributed by atoms with Crippen LogP contribution in [0.3, 0.4) is 0 Å². The van der Waals surface area contributed by atoms with E-state index in [9.17, 15) is 13.2 Å². The van der Waals surface area contributed by atoms with Crippen LogP contribution in [0.5, 0.6) is 11.5 Å². The topological polar surface area (TPSA) is 84.9 Å². The number of nitrogens with one attached hydrogen (secondary N) is 1. The number of methoxy groups -OCH3 is 1. The monoisotopic (exact) mass is 530 g/mol. The van der Waals surface area contributed by atoms with Crippen LogP contribution in [-0.4, -0.2) is 40.6 Å². The first-order valence-electron chi connectivity index (χ1n) is 11.6. The lowest BCUT2D eigenvalue weighted by atomic mass is 10.1. The van der Waals surface area contributed by atoms with Gasteiger partial charge in [0.2, 0.25) is 5.91 Å². The first kappa shape index (κ1) is 27.4. The number of benzene rings is 3. The number of carbonyl (C=O) groups is 1. The van der Waals surface area contributed by atoms with Gasteiger partial charge in [0.1, 0.15) is 18.0 Å². The summed E-state index contributed by atoms with van der Waals surface area (Å²) in [5, 5.41) is 3.15. The first-order chi connectivity index (χ1) is 17.2. The molecule has 0 fully saturated rings. The predicted octanol–water partition coefficient (Wildman–Crippen LogP) is 5.08. The van der Waals surface area contributed by atoms with Gasteiger partial charge in [0.15, 0.2) is 0 Å². The van der Waals surface area contributed by atoms with E-state index in [-0.39, 0.29) is 22.4 Å². The molecular weight excluding hydrogens is 500 g/mol. The molecule has 0 radical (unpaired) electrons.